The van der Waals surface area contributed by atoms with Crippen LogP contribution in [0, 0.1) is 0 Å². The molecule has 2 aromatic rings. The molecule has 1 amide bonds. The molecule has 0 fully saturated rings. The van der Waals surface area contributed by atoms with Crippen LogP contribution in [0.2, 0.25) is 0 Å². The van der Waals surface area contributed by atoms with Crippen molar-refractivity contribution in [2.75, 3.05) is 11.1 Å². The van der Waals surface area contributed by atoms with Crippen LogP contribution in [0.25, 0.3) is 0 Å². The van der Waals surface area contributed by atoms with Gasteiger partial charge in [-0.05, 0) is 43.7 Å². The van der Waals surface area contributed by atoms with E-state index in [-0.39, 0.29) is 5.91 Å². The Hall–Kier alpha value is -2.43. The number of nitrogens with one attached hydrogen (secondary N) is 1. The fourth-order valence-electron chi connectivity index (χ4n) is 1.67. The molecule has 98 valence electrons. The fourth-order valence-corrected chi connectivity index (χ4v) is 1.67. The van der Waals surface area contributed by atoms with E-state index in [1.54, 1.807) is 30.5 Å². The number of nitrogen functional groups attached to an aromatic ring is 1. The van der Waals surface area contributed by atoms with E-state index < -0.39 is 5.41 Å². The highest BCUT2D eigenvalue weighted by molar-refractivity contribution is 5.97. The Bertz CT molecular complexity index is 564. The first kappa shape index (κ1) is 13.0. The summed E-state index contributed by atoms with van der Waals surface area (Å²) in [5, 5.41) is 10.3. The number of carbonyl (C=O) groups excluding carboxylic acids is 1. The van der Waals surface area contributed by atoms with Gasteiger partial charge in [-0.3, -0.25) is 4.79 Å². The van der Waals surface area contributed by atoms with Crippen molar-refractivity contribution in [1.82, 2.24) is 10.2 Å². The van der Waals surface area contributed by atoms with Crippen molar-refractivity contribution in [3.63, 3.8) is 0 Å². The highest BCUT2D eigenvalue weighted by Gasteiger charge is 2.30. The molecule has 3 N–H and O–H groups in total. The van der Waals surface area contributed by atoms with Crippen LogP contribution in [0.5, 0.6) is 0 Å². The Balaban J connectivity index is 2.19. The topological polar surface area (TPSA) is 80.9 Å². The van der Waals surface area contributed by atoms with Crippen molar-refractivity contribution in [2.45, 2.75) is 19.3 Å². The lowest BCUT2D eigenvalue weighted by atomic mass is 9.83. The molecular formula is C14H16N4O. The second-order valence-corrected chi connectivity index (χ2v) is 4.81. The smallest absolute Gasteiger partial charge is 0.235 e. The average molecular weight is 256 g/mol. The van der Waals surface area contributed by atoms with Crippen LogP contribution in [0.1, 0.15) is 19.4 Å². The number of anilines is 2. The summed E-state index contributed by atoms with van der Waals surface area (Å²) in [6, 6.07) is 10.7. The van der Waals surface area contributed by atoms with Crippen molar-refractivity contribution in [3.05, 3.63) is 48.2 Å². The Morgan fingerprint density at radius 2 is 1.89 bits per heavy atom. The maximum absolute atomic E-state index is 12.3. The van der Waals surface area contributed by atoms with Crippen molar-refractivity contribution in [1.29, 1.82) is 0 Å². The van der Waals surface area contributed by atoms with Crippen LogP contribution < -0.4 is 11.1 Å². The Morgan fingerprint density at radius 1 is 1.21 bits per heavy atom. The number of benzene rings is 1. The third kappa shape index (κ3) is 2.88. The molecule has 5 nitrogen and oxygen atoms in total. The normalized spacial score (nSPS) is 11.1. The maximum Gasteiger partial charge on any atom is 0.235 e. The maximum atomic E-state index is 12.3. The molecule has 2 rings (SSSR count). The fraction of sp³-hybridized carbons (Fsp3) is 0.214. The predicted molar refractivity (Wildman–Crippen MR) is 74.5 cm³/mol. The van der Waals surface area contributed by atoms with Gasteiger partial charge in [0, 0.05) is 11.9 Å². The molecule has 0 saturated carbocycles. The number of amides is 1. The van der Waals surface area contributed by atoms with Crippen molar-refractivity contribution < 1.29 is 4.79 Å². The van der Waals surface area contributed by atoms with E-state index in [1.165, 1.54) is 0 Å². The summed E-state index contributed by atoms with van der Waals surface area (Å²) in [4.78, 5) is 12.3. The molecule has 0 atom stereocenters. The predicted octanol–water partition coefficient (Wildman–Crippen LogP) is 1.98. The molecule has 0 spiro atoms. The molecule has 1 aromatic heterocycles. The highest BCUT2D eigenvalue weighted by Crippen LogP contribution is 2.25. The minimum Gasteiger partial charge on any atom is -0.399 e. The summed E-state index contributed by atoms with van der Waals surface area (Å²) in [5.74, 6) is 0.300. The van der Waals surface area contributed by atoms with Gasteiger partial charge in [0.1, 0.15) is 0 Å². The van der Waals surface area contributed by atoms with Gasteiger partial charge in [0.25, 0.3) is 0 Å². The third-order valence-electron chi connectivity index (χ3n) is 3.01. The van der Waals surface area contributed by atoms with Crippen LogP contribution in [0.4, 0.5) is 11.5 Å². The second kappa shape index (κ2) is 5.06. The zero-order valence-corrected chi connectivity index (χ0v) is 10.9. The zero-order chi connectivity index (χ0) is 13.9. The molecule has 0 bridgehead atoms. The van der Waals surface area contributed by atoms with Gasteiger partial charge in [0.05, 0.1) is 5.41 Å². The molecule has 0 unspecified atom stereocenters. The summed E-state index contributed by atoms with van der Waals surface area (Å²) >= 11 is 0. The van der Waals surface area contributed by atoms with Crippen LogP contribution >= 0.6 is 0 Å². The lowest BCUT2D eigenvalue weighted by Crippen LogP contribution is -2.35. The van der Waals surface area contributed by atoms with Crippen LogP contribution in [-0.2, 0) is 10.2 Å². The SMILES string of the molecule is CC(C)(C(=O)Nc1cccnn1)c1ccc(N)cc1. The number of hydrogen-bond acceptors (Lipinski definition) is 4. The molecule has 0 aliphatic heterocycles. The zero-order valence-electron chi connectivity index (χ0n) is 10.9. The molecule has 5 heteroatoms. The molecule has 0 saturated heterocycles. The lowest BCUT2D eigenvalue weighted by molar-refractivity contribution is -0.120. The second-order valence-electron chi connectivity index (χ2n) is 4.81. The van der Waals surface area contributed by atoms with E-state index >= 15 is 0 Å². The van der Waals surface area contributed by atoms with Crippen LogP contribution in [0.15, 0.2) is 42.6 Å². The van der Waals surface area contributed by atoms with E-state index in [2.05, 4.69) is 15.5 Å². The summed E-state index contributed by atoms with van der Waals surface area (Å²) in [5.41, 5.74) is 6.54. The highest BCUT2D eigenvalue weighted by atomic mass is 16.2. The van der Waals surface area contributed by atoms with Gasteiger partial charge in [-0.15, -0.1) is 5.10 Å². The Kier molecular flexibility index (Phi) is 3.46. The molecule has 19 heavy (non-hydrogen) atoms. The van der Waals surface area contributed by atoms with Crippen molar-refractivity contribution in [2.24, 2.45) is 0 Å². The van der Waals surface area contributed by atoms with E-state index in [0.29, 0.717) is 11.5 Å². The van der Waals surface area contributed by atoms with E-state index in [4.69, 9.17) is 5.73 Å². The van der Waals surface area contributed by atoms with Gasteiger partial charge in [-0.25, -0.2) is 0 Å². The number of hydrogen-bond donors (Lipinski definition) is 2. The van der Waals surface area contributed by atoms with Gasteiger partial charge in [0.2, 0.25) is 5.91 Å². The molecule has 0 aliphatic carbocycles. The van der Waals surface area contributed by atoms with Gasteiger partial charge >= 0.3 is 0 Å². The van der Waals surface area contributed by atoms with Crippen LogP contribution in [0.3, 0.4) is 0 Å². The summed E-state index contributed by atoms with van der Waals surface area (Å²) in [6.45, 7) is 3.70. The minimum absolute atomic E-state index is 0.141. The van der Waals surface area contributed by atoms with E-state index in [1.807, 2.05) is 26.0 Å². The molecule has 0 aliphatic rings. The summed E-state index contributed by atoms with van der Waals surface area (Å²) < 4.78 is 0. The first-order valence-corrected chi connectivity index (χ1v) is 5.95. The molecule has 1 aromatic carbocycles. The van der Waals surface area contributed by atoms with E-state index in [9.17, 15) is 4.79 Å². The Labute approximate surface area is 111 Å². The van der Waals surface area contributed by atoms with Crippen molar-refractivity contribution >= 4 is 17.4 Å². The summed E-state index contributed by atoms with van der Waals surface area (Å²) in [7, 11) is 0. The largest absolute Gasteiger partial charge is 0.399 e. The lowest BCUT2D eigenvalue weighted by Gasteiger charge is -2.23. The first-order valence-electron chi connectivity index (χ1n) is 5.95. The molecular weight excluding hydrogens is 240 g/mol. The molecule has 0 radical (unpaired) electrons. The molecule has 1 heterocycles. The first-order chi connectivity index (χ1) is 9.00. The standard InChI is InChI=1S/C14H16N4O/c1-14(2,10-5-7-11(15)8-6-10)13(19)17-12-4-3-9-16-18-12/h3-9H,15H2,1-2H3,(H,17,18,19). The number of nitrogens with two attached hydrogens (primary N) is 1. The Morgan fingerprint density at radius 3 is 2.47 bits per heavy atom. The van der Waals surface area contributed by atoms with Crippen LogP contribution in [-0.4, -0.2) is 16.1 Å². The van der Waals surface area contributed by atoms with Crippen molar-refractivity contribution in [3.8, 4) is 0 Å². The number of carbonyl (C=O) groups is 1. The van der Waals surface area contributed by atoms with E-state index in [0.717, 1.165) is 5.56 Å². The van der Waals surface area contributed by atoms with Gasteiger partial charge < -0.3 is 11.1 Å². The quantitative estimate of drug-likeness (QED) is 0.823. The van der Waals surface area contributed by atoms with Gasteiger partial charge in [-0.2, -0.15) is 5.10 Å². The summed E-state index contributed by atoms with van der Waals surface area (Å²) in [6.07, 6.45) is 1.56. The number of nitrogens with zero attached hydrogens (tertiary/aromatic N) is 2. The monoisotopic (exact) mass is 256 g/mol. The minimum atomic E-state index is -0.675. The van der Waals surface area contributed by atoms with Gasteiger partial charge in [0.15, 0.2) is 5.82 Å². The number of aromatic nitrogens is 2. The third-order valence-corrected chi connectivity index (χ3v) is 3.01. The van der Waals surface area contributed by atoms with Gasteiger partial charge in [-0.1, -0.05) is 12.1 Å². The average Bonchev–Trinajstić information content (AvgIpc) is 2.40. The number of rotatable bonds is 3.